The van der Waals surface area contributed by atoms with Crippen molar-refractivity contribution in [3.63, 3.8) is 0 Å². The Labute approximate surface area is 160 Å². The minimum absolute atomic E-state index is 0.599. The molecule has 0 fully saturated rings. The van der Waals surface area contributed by atoms with Crippen LogP contribution < -0.4 is 14.8 Å². The number of anilines is 1. The summed E-state index contributed by atoms with van der Waals surface area (Å²) in [6.45, 7) is 3.37. The average Bonchev–Trinajstić information content (AvgIpc) is 2.52. The SMILES string of the molecule is CCCOc1c(I)cc(CNc2ccc(Cl)cc2Cl)cc1OC. The van der Waals surface area contributed by atoms with Gasteiger partial charge in [0.2, 0.25) is 0 Å². The molecule has 2 rings (SSSR count). The summed E-state index contributed by atoms with van der Waals surface area (Å²) in [5, 5.41) is 4.53. The van der Waals surface area contributed by atoms with Gasteiger partial charge in [0, 0.05) is 11.6 Å². The fourth-order valence-electron chi connectivity index (χ4n) is 2.05. The van der Waals surface area contributed by atoms with Crippen LogP contribution in [0.3, 0.4) is 0 Å². The summed E-state index contributed by atoms with van der Waals surface area (Å²) in [5.74, 6) is 1.53. The highest BCUT2D eigenvalue weighted by molar-refractivity contribution is 14.1. The van der Waals surface area contributed by atoms with E-state index >= 15 is 0 Å². The van der Waals surface area contributed by atoms with Crippen LogP contribution in [-0.4, -0.2) is 13.7 Å². The summed E-state index contributed by atoms with van der Waals surface area (Å²) >= 11 is 14.3. The maximum atomic E-state index is 6.17. The number of ether oxygens (including phenoxy) is 2. The number of hydrogen-bond acceptors (Lipinski definition) is 3. The molecule has 0 saturated heterocycles. The second-order valence-corrected chi connectivity index (χ2v) is 6.94. The van der Waals surface area contributed by atoms with Crippen LogP contribution in [0.2, 0.25) is 10.0 Å². The largest absolute Gasteiger partial charge is 0.493 e. The highest BCUT2D eigenvalue weighted by atomic mass is 127. The van der Waals surface area contributed by atoms with Crippen LogP contribution in [-0.2, 0) is 6.54 Å². The molecule has 0 heterocycles. The first-order chi connectivity index (χ1) is 11.0. The molecule has 0 bridgehead atoms. The smallest absolute Gasteiger partial charge is 0.174 e. The molecule has 0 radical (unpaired) electrons. The molecule has 0 amide bonds. The number of halogens is 3. The highest BCUT2D eigenvalue weighted by Gasteiger charge is 2.12. The fourth-order valence-corrected chi connectivity index (χ4v) is 3.35. The monoisotopic (exact) mass is 465 g/mol. The Morgan fingerprint density at radius 2 is 1.96 bits per heavy atom. The molecule has 0 aromatic heterocycles. The van der Waals surface area contributed by atoms with Crippen molar-refractivity contribution >= 4 is 51.5 Å². The molecule has 0 spiro atoms. The first-order valence-electron chi connectivity index (χ1n) is 7.23. The van der Waals surface area contributed by atoms with Gasteiger partial charge >= 0.3 is 0 Å². The van der Waals surface area contributed by atoms with Gasteiger partial charge in [-0.1, -0.05) is 30.1 Å². The summed E-state index contributed by atoms with van der Waals surface area (Å²) in [5.41, 5.74) is 1.93. The summed E-state index contributed by atoms with van der Waals surface area (Å²) < 4.78 is 12.2. The van der Waals surface area contributed by atoms with E-state index in [0.29, 0.717) is 23.2 Å². The second kappa shape index (κ2) is 8.85. The Morgan fingerprint density at radius 1 is 1.17 bits per heavy atom. The molecule has 3 nitrogen and oxygen atoms in total. The van der Waals surface area contributed by atoms with Gasteiger partial charge in [-0.15, -0.1) is 0 Å². The molecule has 0 atom stereocenters. The lowest BCUT2D eigenvalue weighted by Gasteiger charge is -2.15. The van der Waals surface area contributed by atoms with Crippen molar-refractivity contribution in [3.8, 4) is 11.5 Å². The molecular weight excluding hydrogens is 448 g/mol. The predicted octanol–water partition coefficient (Wildman–Crippen LogP) is 6.01. The van der Waals surface area contributed by atoms with E-state index in [0.717, 1.165) is 32.7 Å². The van der Waals surface area contributed by atoms with Gasteiger partial charge in [-0.05, 0) is 64.9 Å². The predicted molar refractivity (Wildman–Crippen MR) is 105 cm³/mol. The zero-order valence-corrected chi connectivity index (χ0v) is 16.6. The van der Waals surface area contributed by atoms with Crippen molar-refractivity contribution in [1.82, 2.24) is 0 Å². The van der Waals surface area contributed by atoms with Crippen molar-refractivity contribution in [3.05, 3.63) is 49.5 Å². The third-order valence-corrected chi connectivity index (χ3v) is 4.50. The Balaban J connectivity index is 2.15. The molecule has 0 aliphatic heterocycles. The minimum Gasteiger partial charge on any atom is -0.493 e. The number of rotatable bonds is 7. The Hall–Kier alpha value is -0.850. The van der Waals surface area contributed by atoms with E-state index in [-0.39, 0.29) is 0 Å². The van der Waals surface area contributed by atoms with E-state index in [1.807, 2.05) is 18.2 Å². The van der Waals surface area contributed by atoms with E-state index in [4.69, 9.17) is 32.7 Å². The molecule has 0 saturated carbocycles. The topological polar surface area (TPSA) is 30.5 Å². The summed E-state index contributed by atoms with van der Waals surface area (Å²) in [4.78, 5) is 0. The van der Waals surface area contributed by atoms with E-state index < -0.39 is 0 Å². The van der Waals surface area contributed by atoms with Crippen LogP contribution in [0.4, 0.5) is 5.69 Å². The van der Waals surface area contributed by atoms with Crippen LogP contribution >= 0.6 is 45.8 Å². The van der Waals surface area contributed by atoms with Gasteiger partial charge in [-0.3, -0.25) is 0 Å². The molecule has 0 aliphatic carbocycles. The molecular formula is C17H18Cl2INO2. The molecule has 0 aliphatic rings. The number of hydrogen-bond donors (Lipinski definition) is 1. The lowest BCUT2D eigenvalue weighted by Crippen LogP contribution is -2.04. The van der Waals surface area contributed by atoms with Gasteiger partial charge in [-0.25, -0.2) is 0 Å². The van der Waals surface area contributed by atoms with Crippen molar-refractivity contribution in [2.45, 2.75) is 19.9 Å². The van der Waals surface area contributed by atoms with Crippen LogP contribution in [0.1, 0.15) is 18.9 Å². The van der Waals surface area contributed by atoms with Gasteiger partial charge in [0.1, 0.15) is 0 Å². The van der Waals surface area contributed by atoms with Crippen molar-refractivity contribution < 1.29 is 9.47 Å². The van der Waals surface area contributed by atoms with Crippen molar-refractivity contribution in [2.75, 3.05) is 19.0 Å². The summed E-state index contributed by atoms with van der Waals surface area (Å²) in [6.07, 6.45) is 0.956. The molecule has 6 heteroatoms. The van der Waals surface area contributed by atoms with E-state index in [9.17, 15) is 0 Å². The van der Waals surface area contributed by atoms with Crippen molar-refractivity contribution in [1.29, 1.82) is 0 Å². The van der Waals surface area contributed by atoms with Gasteiger partial charge in [0.25, 0.3) is 0 Å². The first-order valence-corrected chi connectivity index (χ1v) is 9.06. The highest BCUT2D eigenvalue weighted by Crippen LogP contribution is 2.34. The minimum atomic E-state index is 0.599. The molecule has 124 valence electrons. The number of benzene rings is 2. The number of methoxy groups -OCH3 is 1. The third kappa shape index (κ3) is 5.06. The molecule has 1 N–H and O–H groups in total. The fraction of sp³-hybridized carbons (Fsp3) is 0.294. The zero-order chi connectivity index (χ0) is 16.8. The Kier molecular flexibility index (Phi) is 7.11. The van der Waals surface area contributed by atoms with Crippen LogP contribution in [0.25, 0.3) is 0 Å². The summed E-state index contributed by atoms with van der Waals surface area (Å²) in [6, 6.07) is 9.44. The summed E-state index contributed by atoms with van der Waals surface area (Å²) in [7, 11) is 1.65. The van der Waals surface area contributed by atoms with Gasteiger partial charge < -0.3 is 14.8 Å². The average molecular weight is 466 g/mol. The lowest BCUT2D eigenvalue weighted by molar-refractivity contribution is 0.292. The number of nitrogens with one attached hydrogen (secondary N) is 1. The Bertz CT molecular complexity index is 680. The standard InChI is InChI=1S/C17H18Cl2INO2/c1-3-6-23-17-14(20)7-11(8-16(17)22-2)10-21-15-5-4-12(18)9-13(15)19/h4-5,7-9,21H,3,6,10H2,1-2H3. The lowest BCUT2D eigenvalue weighted by atomic mass is 10.2. The van der Waals surface area contributed by atoms with E-state index in [2.05, 4.69) is 40.9 Å². The van der Waals surface area contributed by atoms with E-state index in [1.54, 1.807) is 13.2 Å². The van der Waals surface area contributed by atoms with Crippen LogP contribution in [0.15, 0.2) is 30.3 Å². The van der Waals surface area contributed by atoms with E-state index in [1.165, 1.54) is 0 Å². The third-order valence-electron chi connectivity index (χ3n) is 3.15. The molecule has 2 aromatic rings. The quantitative estimate of drug-likeness (QED) is 0.508. The molecule has 0 unspecified atom stereocenters. The van der Waals surface area contributed by atoms with Gasteiger partial charge in [0.15, 0.2) is 11.5 Å². The molecule has 2 aromatic carbocycles. The maximum Gasteiger partial charge on any atom is 0.174 e. The van der Waals surface area contributed by atoms with Crippen LogP contribution in [0.5, 0.6) is 11.5 Å². The first kappa shape index (κ1) is 18.5. The zero-order valence-electron chi connectivity index (χ0n) is 13.0. The van der Waals surface area contributed by atoms with Gasteiger partial charge in [-0.2, -0.15) is 0 Å². The maximum absolute atomic E-state index is 6.17. The molecule has 23 heavy (non-hydrogen) atoms. The normalized spacial score (nSPS) is 10.5. The Morgan fingerprint density at radius 3 is 2.61 bits per heavy atom. The van der Waals surface area contributed by atoms with Crippen molar-refractivity contribution in [2.24, 2.45) is 0 Å². The second-order valence-electron chi connectivity index (χ2n) is 4.94. The van der Waals surface area contributed by atoms with Crippen LogP contribution in [0, 0.1) is 3.57 Å². The van der Waals surface area contributed by atoms with Gasteiger partial charge in [0.05, 0.1) is 28.0 Å².